The molecule has 0 aliphatic carbocycles. The van der Waals surface area contributed by atoms with Gasteiger partial charge in [-0.2, -0.15) is 0 Å². The largest absolute Gasteiger partial charge is 0.308 e. The Hall–Kier alpha value is -0.560. The van der Waals surface area contributed by atoms with Crippen LogP contribution in [0.3, 0.4) is 0 Å². The van der Waals surface area contributed by atoms with Crippen LogP contribution < -0.4 is 5.32 Å². The van der Waals surface area contributed by atoms with E-state index < -0.39 is 0 Å². The third-order valence-electron chi connectivity index (χ3n) is 2.17. The number of allylic oxidation sites excluding steroid dienone is 2. The first kappa shape index (κ1) is 9.53. The van der Waals surface area contributed by atoms with Crippen LogP contribution in [-0.2, 0) is 0 Å². The third kappa shape index (κ3) is 2.82. The van der Waals surface area contributed by atoms with Crippen molar-refractivity contribution in [3.63, 3.8) is 0 Å². The fraction of sp³-hybridized carbons (Fsp3) is 0.636. The van der Waals surface area contributed by atoms with Gasteiger partial charge in [-0.25, -0.2) is 0 Å². The molecule has 1 heterocycles. The lowest BCUT2D eigenvalue weighted by atomic mass is 9.89. The summed E-state index contributed by atoms with van der Waals surface area (Å²) in [5, 5.41) is 3.51. The van der Waals surface area contributed by atoms with E-state index in [1.165, 1.54) is 0 Å². The lowest BCUT2D eigenvalue weighted by Gasteiger charge is -2.30. The van der Waals surface area contributed by atoms with Gasteiger partial charge in [0.25, 0.3) is 0 Å². The average Bonchev–Trinajstić information content (AvgIpc) is 1.94. The molecule has 1 heteroatoms. The van der Waals surface area contributed by atoms with Crippen molar-refractivity contribution >= 4 is 0 Å². The van der Waals surface area contributed by atoms with Crippen LogP contribution in [0, 0.1) is 5.41 Å². The Balaban J connectivity index is 2.78. The second-order valence-corrected chi connectivity index (χ2v) is 4.78. The van der Waals surface area contributed by atoms with Crippen LogP contribution in [0.5, 0.6) is 0 Å². The van der Waals surface area contributed by atoms with Gasteiger partial charge < -0.3 is 5.32 Å². The maximum Gasteiger partial charge on any atom is 0.0310 e. The van der Waals surface area contributed by atoms with Gasteiger partial charge in [0.15, 0.2) is 0 Å². The molecule has 0 aromatic rings. The summed E-state index contributed by atoms with van der Waals surface area (Å²) in [5.74, 6) is 0. The van der Waals surface area contributed by atoms with E-state index in [0.717, 1.165) is 6.54 Å². The average molecular weight is 165 g/mol. The highest BCUT2D eigenvalue weighted by atomic mass is 15.0. The van der Waals surface area contributed by atoms with Crippen LogP contribution in [0.4, 0.5) is 0 Å². The first-order valence-corrected chi connectivity index (χ1v) is 4.53. The monoisotopic (exact) mass is 165 g/mol. The molecule has 1 aliphatic heterocycles. The number of nitrogens with one attached hydrogen (secondary N) is 1. The summed E-state index contributed by atoms with van der Waals surface area (Å²) in [5.41, 5.74) is 0.393. The van der Waals surface area contributed by atoms with E-state index in [1.807, 2.05) is 0 Å². The Morgan fingerprint density at radius 3 is 2.25 bits per heavy atom. The normalized spacial score (nSPS) is 31.7. The maximum absolute atomic E-state index is 3.51. The number of rotatable bonds is 0. The second kappa shape index (κ2) is 3.06. The van der Waals surface area contributed by atoms with E-state index >= 15 is 0 Å². The lowest BCUT2D eigenvalue weighted by molar-refractivity contribution is 0.366. The van der Waals surface area contributed by atoms with Gasteiger partial charge in [-0.15, -0.1) is 0 Å². The summed E-state index contributed by atoms with van der Waals surface area (Å²) in [6.07, 6.45) is 8.70. The summed E-state index contributed by atoms with van der Waals surface area (Å²) in [4.78, 5) is 0. The van der Waals surface area contributed by atoms with Gasteiger partial charge in [0, 0.05) is 12.1 Å². The van der Waals surface area contributed by atoms with Gasteiger partial charge in [0.2, 0.25) is 0 Å². The molecule has 0 aromatic carbocycles. The van der Waals surface area contributed by atoms with Crippen LogP contribution >= 0.6 is 0 Å². The highest BCUT2D eigenvalue weighted by Gasteiger charge is 2.20. The van der Waals surface area contributed by atoms with E-state index in [4.69, 9.17) is 0 Å². The van der Waals surface area contributed by atoms with Crippen LogP contribution in [0.25, 0.3) is 0 Å². The van der Waals surface area contributed by atoms with Gasteiger partial charge in [0.05, 0.1) is 0 Å². The van der Waals surface area contributed by atoms with Crippen molar-refractivity contribution in [1.29, 1.82) is 0 Å². The van der Waals surface area contributed by atoms with Crippen molar-refractivity contribution < 1.29 is 0 Å². The standard InChI is InChI=1S/C11H19N/c1-10(2)7-5-6-8-11(3,4)12-9-10/h5-8,12H,9H2,1-4H3/b7-5-,8-6-. The van der Waals surface area contributed by atoms with E-state index in [9.17, 15) is 0 Å². The fourth-order valence-electron chi connectivity index (χ4n) is 1.19. The molecule has 1 nitrogen and oxygen atoms in total. The summed E-state index contributed by atoms with van der Waals surface area (Å²) in [6, 6.07) is 0. The molecular weight excluding hydrogens is 146 g/mol. The Morgan fingerprint density at radius 1 is 1.00 bits per heavy atom. The van der Waals surface area contributed by atoms with E-state index in [2.05, 4.69) is 57.3 Å². The quantitative estimate of drug-likeness (QED) is 0.581. The minimum atomic E-state index is 0.127. The van der Waals surface area contributed by atoms with Crippen molar-refractivity contribution in [3.05, 3.63) is 24.3 Å². The van der Waals surface area contributed by atoms with Crippen LogP contribution in [0.1, 0.15) is 27.7 Å². The Bertz CT molecular complexity index is 185. The lowest BCUT2D eigenvalue weighted by Crippen LogP contribution is -2.42. The predicted molar refractivity (Wildman–Crippen MR) is 54.1 cm³/mol. The highest BCUT2D eigenvalue weighted by molar-refractivity contribution is 5.15. The van der Waals surface area contributed by atoms with Crippen LogP contribution in [-0.4, -0.2) is 12.1 Å². The molecule has 0 fully saturated rings. The topological polar surface area (TPSA) is 12.0 Å². The Morgan fingerprint density at radius 2 is 1.58 bits per heavy atom. The molecule has 1 rings (SSSR count). The van der Waals surface area contributed by atoms with E-state index in [1.54, 1.807) is 0 Å². The molecule has 68 valence electrons. The van der Waals surface area contributed by atoms with Gasteiger partial charge >= 0.3 is 0 Å². The summed E-state index contributed by atoms with van der Waals surface area (Å²) in [7, 11) is 0. The molecule has 0 bridgehead atoms. The smallest absolute Gasteiger partial charge is 0.0310 e. The van der Waals surface area contributed by atoms with E-state index in [-0.39, 0.29) is 11.0 Å². The van der Waals surface area contributed by atoms with Gasteiger partial charge in [0.1, 0.15) is 0 Å². The predicted octanol–water partition coefficient (Wildman–Crippen LogP) is 2.51. The Kier molecular flexibility index (Phi) is 2.43. The van der Waals surface area contributed by atoms with Gasteiger partial charge in [-0.05, 0) is 19.3 Å². The minimum Gasteiger partial charge on any atom is -0.308 e. The molecule has 0 radical (unpaired) electrons. The Labute approximate surface area is 75.6 Å². The van der Waals surface area contributed by atoms with Gasteiger partial charge in [-0.3, -0.25) is 0 Å². The van der Waals surface area contributed by atoms with Crippen molar-refractivity contribution in [2.24, 2.45) is 5.41 Å². The van der Waals surface area contributed by atoms with Crippen molar-refractivity contribution in [2.75, 3.05) is 6.54 Å². The third-order valence-corrected chi connectivity index (χ3v) is 2.17. The zero-order valence-electron chi connectivity index (χ0n) is 8.52. The van der Waals surface area contributed by atoms with E-state index in [0.29, 0.717) is 0 Å². The van der Waals surface area contributed by atoms with Crippen molar-refractivity contribution in [3.8, 4) is 0 Å². The molecule has 0 saturated carbocycles. The molecule has 1 aliphatic rings. The first-order valence-electron chi connectivity index (χ1n) is 4.53. The number of hydrogen-bond acceptors (Lipinski definition) is 1. The molecule has 12 heavy (non-hydrogen) atoms. The summed E-state index contributed by atoms with van der Waals surface area (Å²) >= 11 is 0. The molecule has 0 unspecified atom stereocenters. The van der Waals surface area contributed by atoms with Crippen molar-refractivity contribution in [2.45, 2.75) is 33.2 Å². The SMILES string of the molecule is CC1(C)/C=C\C=C/C(C)(C)NC1. The second-order valence-electron chi connectivity index (χ2n) is 4.78. The first-order chi connectivity index (χ1) is 5.41. The molecule has 0 amide bonds. The van der Waals surface area contributed by atoms with Crippen LogP contribution in [0.2, 0.25) is 0 Å². The molecule has 1 N–H and O–H groups in total. The maximum atomic E-state index is 3.51. The molecule has 0 spiro atoms. The highest BCUT2D eigenvalue weighted by Crippen LogP contribution is 2.19. The zero-order chi connectivity index (χ0) is 9.24. The molecule has 0 saturated heterocycles. The summed E-state index contributed by atoms with van der Waals surface area (Å²) in [6.45, 7) is 9.90. The van der Waals surface area contributed by atoms with Crippen LogP contribution in [0.15, 0.2) is 24.3 Å². The summed E-state index contributed by atoms with van der Waals surface area (Å²) < 4.78 is 0. The molecular formula is C11H19N. The van der Waals surface area contributed by atoms with Crippen molar-refractivity contribution in [1.82, 2.24) is 5.32 Å². The van der Waals surface area contributed by atoms with Gasteiger partial charge in [-0.1, -0.05) is 38.2 Å². The zero-order valence-corrected chi connectivity index (χ0v) is 8.52. The minimum absolute atomic E-state index is 0.127. The fourth-order valence-corrected chi connectivity index (χ4v) is 1.19. The molecule has 0 aromatic heterocycles. The molecule has 0 atom stereocenters. The number of hydrogen-bond donors (Lipinski definition) is 1.